The third-order valence-electron chi connectivity index (χ3n) is 4.40. The van der Waals surface area contributed by atoms with Gasteiger partial charge in [-0.1, -0.05) is 0 Å². The van der Waals surface area contributed by atoms with Gasteiger partial charge >= 0.3 is 6.09 Å². The summed E-state index contributed by atoms with van der Waals surface area (Å²) in [7, 11) is 0. The van der Waals surface area contributed by atoms with Crippen molar-refractivity contribution in [1.82, 2.24) is 20.1 Å². The highest BCUT2D eigenvalue weighted by molar-refractivity contribution is 7.09. The minimum Gasteiger partial charge on any atom is -0.442 e. The van der Waals surface area contributed by atoms with E-state index in [4.69, 9.17) is 4.74 Å². The van der Waals surface area contributed by atoms with Crippen molar-refractivity contribution in [1.29, 1.82) is 0 Å². The Morgan fingerprint density at radius 2 is 2.31 bits per heavy atom. The van der Waals surface area contributed by atoms with Gasteiger partial charge in [0.15, 0.2) is 0 Å². The number of nitrogens with zero attached hydrogens (tertiary/aromatic N) is 4. The monoisotopic (exact) mass is 415 g/mol. The van der Waals surface area contributed by atoms with Gasteiger partial charge in [-0.2, -0.15) is 5.10 Å². The zero-order valence-electron chi connectivity index (χ0n) is 15.5. The van der Waals surface area contributed by atoms with Crippen molar-refractivity contribution in [3.05, 3.63) is 52.9 Å². The van der Waals surface area contributed by atoms with Gasteiger partial charge in [-0.3, -0.25) is 14.4 Å². The number of benzene rings is 1. The van der Waals surface area contributed by atoms with E-state index in [1.807, 2.05) is 12.3 Å². The number of carbonyl (C=O) groups is 2. The summed E-state index contributed by atoms with van der Waals surface area (Å²) in [6, 6.07) is 6.39. The van der Waals surface area contributed by atoms with Crippen LogP contribution in [0.15, 0.2) is 42.0 Å². The number of hydrogen-bond donors (Lipinski definition) is 1. The van der Waals surface area contributed by atoms with Crippen molar-refractivity contribution < 1.29 is 18.7 Å². The maximum absolute atomic E-state index is 14.8. The standard InChI is InChI=1S/C19H18FN5O3S/c1-12(26)21-8-14-9-25(19(27)28-14)13-3-4-15(16(20)7-13)17-11-29-18(23-17)10-24-6-2-5-22-24/h2-7,11,14H,8-10H2,1H3,(H,21,26)/t14-/m0/s1. The summed E-state index contributed by atoms with van der Waals surface area (Å²) in [5.41, 5.74) is 1.29. The van der Waals surface area contributed by atoms with E-state index in [2.05, 4.69) is 15.4 Å². The van der Waals surface area contributed by atoms with Crippen molar-refractivity contribution in [3.63, 3.8) is 0 Å². The Morgan fingerprint density at radius 3 is 3.03 bits per heavy atom. The van der Waals surface area contributed by atoms with E-state index in [1.165, 1.54) is 29.2 Å². The minimum atomic E-state index is -0.567. The van der Waals surface area contributed by atoms with Crippen LogP contribution in [0.25, 0.3) is 11.3 Å². The van der Waals surface area contributed by atoms with Gasteiger partial charge in [0.1, 0.15) is 16.9 Å². The van der Waals surface area contributed by atoms with Gasteiger partial charge in [-0.05, 0) is 24.3 Å². The lowest BCUT2D eigenvalue weighted by atomic mass is 10.1. The van der Waals surface area contributed by atoms with E-state index >= 15 is 0 Å². The van der Waals surface area contributed by atoms with Gasteiger partial charge in [0.25, 0.3) is 0 Å². The summed E-state index contributed by atoms with van der Waals surface area (Å²) < 4.78 is 21.7. The third-order valence-corrected chi connectivity index (χ3v) is 5.23. The molecule has 8 nitrogen and oxygen atoms in total. The first-order valence-electron chi connectivity index (χ1n) is 8.94. The van der Waals surface area contributed by atoms with Crippen LogP contribution in [0, 0.1) is 5.82 Å². The first-order valence-corrected chi connectivity index (χ1v) is 9.82. The molecule has 0 saturated carbocycles. The summed E-state index contributed by atoms with van der Waals surface area (Å²) in [5.74, 6) is -0.679. The average Bonchev–Trinajstić information content (AvgIpc) is 3.42. The lowest BCUT2D eigenvalue weighted by Crippen LogP contribution is -2.33. The molecular formula is C19H18FN5O3S. The van der Waals surface area contributed by atoms with E-state index < -0.39 is 18.0 Å². The summed E-state index contributed by atoms with van der Waals surface area (Å²) in [4.78, 5) is 29.0. The zero-order valence-corrected chi connectivity index (χ0v) is 16.4. The molecule has 29 heavy (non-hydrogen) atoms. The Bertz CT molecular complexity index is 1040. The van der Waals surface area contributed by atoms with Gasteiger partial charge in [-0.15, -0.1) is 11.3 Å². The van der Waals surface area contributed by atoms with Gasteiger partial charge in [0, 0.05) is 30.3 Å². The molecule has 4 rings (SSSR count). The number of nitrogens with one attached hydrogen (secondary N) is 1. The number of anilines is 1. The number of cyclic esters (lactones) is 1. The Hall–Kier alpha value is -3.27. The average molecular weight is 415 g/mol. The Balaban J connectivity index is 1.48. The summed E-state index contributed by atoms with van der Waals surface area (Å²) in [6.45, 7) is 2.37. The highest BCUT2D eigenvalue weighted by Crippen LogP contribution is 2.30. The number of amides is 2. The van der Waals surface area contributed by atoms with Gasteiger partial charge in [-0.25, -0.2) is 14.2 Å². The second-order valence-electron chi connectivity index (χ2n) is 6.55. The molecule has 2 amide bonds. The second-order valence-corrected chi connectivity index (χ2v) is 7.49. The molecule has 3 heterocycles. The van der Waals surface area contributed by atoms with Crippen LogP contribution >= 0.6 is 11.3 Å². The van der Waals surface area contributed by atoms with Crippen LogP contribution in [0.3, 0.4) is 0 Å². The van der Waals surface area contributed by atoms with Crippen LogP contribution < -0.4 is 10.2 Å². The van der Waals surface area contributed by atoms with Crippen LogP contribution in [-0.2, 0) is 16.1 Å². The number of thiazole rings is 1. The van der Waals surface area contributed by atoms with Crippen molar-refractivity contribution in [3.8, 4) is 11.3 Å². The van der Waals surface area contributed by atoms with Gasteiger partial charge in [0.2, 0.25) is 5.91 Å². The summed E-state index contributed by atoms with van der Waals surface area (Å²) in [6.07, 6.45) is 2.49. The highest BCUT2D eigenvalue weighted by atomic mass is 32.1. The molecule has 1 aliphatic heterocycles. The van der Waals surface area contributed by atoms with E-state index in [9.17, 15) is 14.0 Å². The molecule has 0 spiro atoms. The molecule has 1 aromatic carbocycles. The first kappa shape index (κ1) is 19.1. The van der Waals surface area contributed by atoms with Gasteiger partial charge in [0.05, 0.1) is 31.0 Å². The number of hydrogen-bond acceptors (Lipinski definition) is 6. The van der Waals surface area contributed by atoms with E-state index in [0.717, 1.165) is 5.01 Å². The fourth-order valence-corrected chi connectivity index (χ4v) is 3.80. The van der Waals surface area contributed by atoms with Crippen molar-refractivity contribution in [2.45, 2.75) is 19.6 Å². The summed E-state index contributed by atoms with van der Waals surface area (Å²) in [5, 5.41) is 9.36. The minimum absolute atomic E-state index is 0.204. The van der Waals surface area contributed by atoms with E-state index in [0.29, 0.717) is 23.5 Å². The first-order chi connectivity index (χ1) is 14.0. The van der Waals surface area contributed by atoms with E-state index in [-0.39, 0.29) is 19.0 Å². The molecule has 0 bridgehead atoms. The molecule has 1 saturated heterocycles. The smallest absolute Gasteiger partial charge is 0.414 e. The van der Waals surface area contributed by atoms with Crippen molar-refractivity contribution >= 4 is 29.0 Å². The number of ether oxygens (including phenoxy) is 1. The fraction of sp³-hybridized carbons (Fsp3) is 0.263. The normalized spacial score (nSPS) is 16.1. The largest absolute Gasteiger partial charge is 0.442 e. The van der Waals surface area contributed by atoms with Crippen molar-refractivity contribution in [2.24, 2.45) is 0 Å². The number of aromatic nitrogens is 3. The third kappa shape index (κ3) is 4.27. The highest BCUT2D eigenvalue weighted by Gasteiger charge is 2.32. The molecule has 2 aromatic heterocycles. The maximum atomic E-state index is 14.8. The second kappa shape index (κ2) is 8.00. The molecule has 0 aliphatic carbocycles. The fourth-order valence-electron chi connectivity index (χ4n) is 3.02. The molecule has 3 aromatic rings. The predicted octanol–water partition coefficient (Wildman–Crippen LogP) is 2.66. The quantitative estimate of drug-likeness (QED) is 0.669. The van der Waals surface area contributed by atoms with Crippen LogP contribution in [0.5, 0.6) is 0 Å². The Kier molecular flexibility index (Phi) is 5.26. The maximum Gasteiger partial charge on any atom is 0.414 e. The van der Waals surface area contributed by atoms with E-state index in [1.54, 1.807) is 28.4 Å². The van der Waals surface area contributed by atoms with Crippen LogP contribution in [-0.4, -0.2) is 46.0 Å². The van der Waals surface area contributed by atoms with Crippen LogP contribution in [0.4, 0.5) is 14.9 Å². The molecule has 0 unspecified atom stereocenters. The molecule has 1 fully saturated rings. The molecule has 150 valence electrons. The molecule has 0 radical (unpaired) electrons. The molecule has 1 atom stereocenters. The van der Waals surface area contributed by atoms with Gasteiger partial charge < -0.3 is 10.1 Å². The van der Waals surface area contributed by atoms with Crippen LogP contribution in [0.1, 0.15) is 11.9 Å². The van der Waals surface area contributed by atoms with Crippen LogP contribution in [0.2, 0.25) is 0 Å². The lowest BCUT2D eigenvalue weighted by molar-refractivity contribution is -0.119. The zero-order chi connectivity index (χ0) is 20.4. The Labute approximate surface area is 169 Å². The molecule has 1 N–H and O–H groups in total. The number of rotatable bonds is 6. The molecule has 1 aliphatic rings. The number of halogens is 1. The topological polar surface area (TPSA) is 89.4 Å². The lowest BCUT2D eigenvalue weighted by Gasteiger charge is -2.14. The van der Waals surface area contributed by atoms with Crippen molar-refractivity contribution in [2.75, 3.05) is 18.0 Å². The number of carbonyl (C=O) groups excluding carboxylic acids is 2. The predicted molar refractivity (Wildman–Crippen MR) is 105 cm³/mol. The molecular weight excluding hydrogens is 397 g/mol. The Morgan fingerprint density at radius 1 is 1.45 bits per heavy atom. The molecule has 10 heteroatoms. The SMILES string of the molecule is CC(=O)NC[C@H]1CN(c2ccc(-c3csc(Cn4cccn4)n3)c(F)c2)C(=O)O1. The summed E-state index contributed by atoms with van der Waals surface area (Å²) >= 11 is 1.43.